The Morgan fingerprint density at radius 1 is 1.12 bits per heavy atom. The molecule has 0 bridgehead atoms. The van der Waals surface area contributed by atoms with E-state index in [0.29, 0.717) is 18.1 Å². The fourth-order valence-electron chi connectivity index (χ4n) is 2.14. The first-order valence-electron chi connectivity index (χ1n) is 7.41. The Morgan fingerprint density at radius 2 is 1.92 bits per heavy atom. The van der Waals surface area contributed by atoms with Crippen LogP contribution >= 0.6 is 0 Å². The summed E-state index contributed by atoms with van der Waals surface area (Å²) in [4.78, 5) is 9.87. The highest BCUT2D eigenvalue weighted by molar-refractivity contribution is 6.10. The molecule has 0 atom stereocenters. The number of benzene rings is 1. The van der Waals surface area contributed by atoms with E-state index in [1.807, 2.05) is 48.5 Å². The number of oxime groups is 1. The lowest BCUT2D eigenvalue weighted by atomic mass is 10.1. The summed E-state index contributed by atoms with van der Waals surface area (Å²) in [7, 11) is 1.75. The van der Waals surface area contributed by atoms with Crippen LogP contribution in [0.25, 0.3) is 0 Å². The largest absolute Gasteiger partial charge is 0.389 e. The van der Waals surface area contributed by atoms with Crippen LogP contribution in [-0.2, 0) is 25.0 Å². The van der Waals surface area contributed by atoms with E-state index in [-0.39, 0.29) is 6.61 Å². The molecule has 0 saturated heterocycles. The normalized spacial score (nSPS) is 11.5. The highest BCUT2D eigenvalue weighted by Crippen LogP contribution is 2.09. The highest BCUT2D eigenvalue weighted by atomic mass is 16.6. The number of hydrogen-bond donors (Lipinski definition) is 1. The van der Waals surface area contributed by atoms with E-state index in [1.165, 1.54) is 0 Å². The van der Waals surface area contributed by atoms with Gasteiger partial charge in [0.2, 0.25) is 5.82 Å². The maximum atomic E-state index is 5.60. The Labute approximate surface area is 139 Å². The smallest absolute Gasteiger partial charge is 0.204 e. The van der Waals surface area contributed by atoms with Gasteiger partial charge in [-0.25, -0.2) is 4.68 Å². The third kappa shape index (κ3) is 3.61. The third-order valence-corrected chi connectivity index (χ3v) is 3.32. The van der Waals surface area contributed by atoms with Crippen molar-refractivity contribution in [2.75, 3.05) is 0 Å². The molecule has 24 heavy (non-hydrogen) atoms. The molecule has 0 radical (unpaired) electrons. The average Bonchev–Trinajstić information content (AvgIpc) is 3.05. The van der Waals surface area contributed by atoms with Crippen LogP contribution in [0, 0.1) is 0 Å². The Bertz CT molecular complexity index is 829. The SMILES string of the molecule is Cn1nnnc1/C(=N\OCc1cccc(CN)n1)c1ccccc1. The molecule has 0 aliphatic rings. The monoisotopic (exact) mass is 323 g/mol. The predicted octanol–water partition coefficient (Wildman–Crippen LogP) is 1.03. The minimum absolute atomic E-state index is 0.232. The van der Waals surface area contributed by atoms with Gasteiger partial charge in [-0.3, -0.25) is 4.98 Å². The Hall–Kier alpha value is -3.13. The summed E-state index contributed by atoms with van der Waals surface area (Å²) in [6.45, 7) is 0.617. The fourth-order valence-corrected chi connectivity index (χ4v) is 2.14. The summed E-state index contributed by atoms with van der Waals surface area (Å²) in [5.74, 6) is 0.518. The summed E-state index contributed by atoms with van der Waals surface area (Å²) in [6.07, 6.45) is 0. The van der Waals surface area contributed by atoms with Crippen molar-refractivity contribution in [3.8, 4) is 0 Å². The van der Waals surface area contributed by atoms with Crippen molar-refractivity contribution in [1.29, 1.82) is 0 Å². The second kappa shape index (κ2) is 7.42. The van der Waals surface area contributed by atoms with Crippen LogP contribution in [0.5, 0.6) is 0 Å². The van der Waals surface area contributed by atoms with Crippen LogP contribution in [0.1, 0.15) is 22.8 Å². The van der Waals surface area contributed by atoms with Crippen molar-refractivity contribution in [2.45, 2.75) is 13.2 Å². The van der Waals surface area contributed by atoms with Gasteiger partial charge in [0.1, 0.15) is 0 Å². The van der Waals surface area contributed by atoms with E-state index in [4.69, 9.17) is 10.6 Å². The summed E-state index contributed by atoms with van der Waals surface area (Å²) >= 11 is 0. The van der Waals surface area contributed by atoms with Gasteiger partial charge >= 0.3 is 0 Å². The molecule has 8 nitrogen and oxygen atoms in total. The number of aryl methyl sites for hydroxylation is 1. The van der Waals surface area contributed by atoms with E-state index in [9.17, 15) is 0 Å². The summed E-state index contributed by atoms with van der Waals surface area (Å²) in [5, 5.41) is 15.7. The number of pyridine rings is 1. The van der Waals surface area contributed by atoms with Gasteiger partial charge in [-0.05, 0) is 22.6 Å². The second-order valence-electron chi connectivity index (χ2n) is 5.03. The summed E-state index contributed by atoms with van der Waals surface area (Å²) in [5.41, 5.74) is 8.57. The van der Waals surface area contributed by atoms with Gasteiger partial charge in [0.15, 0.2) is 12.3 Å². The zero-order valence-corrected chi connectivity index (χ0v) is 13.2. The van der Waals surface area contributed by atoms with E-state index in [0.717, 1.165) is 17.0 Å². The number of nitrogens with zero attached hydrogens (tertiary/aromatic N) is 6. The van der Waals surface area contributed by atoms with Crippen LogP contribution in [0.15, 0.2) is 53.7 Å². The molecule has 0 spiro atoms. The van der Waals surface area contributed by atoms with Gasteiger partial charge in [0, 0.05) is 19.2 Å². The molecule has 1 aromatic carbocycles. The number of tetrazole rings is 1. The van der Waals surface area contributed by atoms with Gasteiger partial charge in [0.05, 0.1) is 11.4 Å². The third-order valence-electron chi connectivity index (χ3n) is 3.32. The molecule has 3 aromatic rings. The maximum absolute atomic E-state index is 5.60. The lowest BCUT2D eigenvalue weighted by Gasteiger charge is -2.06. The van der Waals surface area contributed by atoms with Crippen molar-refractivity contribution in [1.82, 2.24) is 25.2 Å². The molecular weight excluding hydrogens is 306 g/mol. The predicted molar refractivity (Wildman–Crippen MR) is 87.8 cm³/mol. The van der Waals surface area contributed by atoms with Gasteiger partial charge in [-0.15, -0.1) is 5.10 Å². The molecule has 0 amide bonds. The topological polar surface area (TPSA) is 104 Å². The molecule has 0 unspecified atom stereocenters. The van der Waals surface area contributed by atoms with Crippen LogP contribution < -0.4 is 5.73 Å². The van der Waals surface area contributed by atoms with Crippen molar-refractivity contribution in [3.63, 3.8) is 0 Å². The Balaban J connectivity index is 1.83. The van der Waals surface area contributed by atoms with Gasteiger partial charge in [0.25, 0.3) is 0 Å². The zero-order chi connectivity index (χ0) is 16.8. The number of aromatic nitrogens is 5. The Kier molecular flexibility index (Phi) is 4.87. The van der Waals surface area contributed by atoms with E-state index in [2.05, 4.69) is 25.7 Å². The molecule has 0 saturated carbocycles. The summed E-state index contributed by atoms with van der Waals surface area (Å²) in [6, 6.07) is 15.2. The quantitative estimate of drug-likeness (QED) is 0.537. The number of hydrogen-bond acceptors (Lipinski definition) is 7. The average molecular weight is 323 g/mol. The minimum atomic E-state index is 0.232. The molecule has 0 aliphatic heterocycles. The van der Waals surface area contributed by atoms with Crippen molar-refractivity contribution >= 4 is 5.71 Å². The lowest BCUT2D eigenvalue weighted by Crippen LogP contribution is -2.12. The van der Waals surface area contributed by atoms with Crippen LogP contribution in [0.4, 0.5) is 0 Å². The first-order valence-corrected chi connectivity index (χ1v) is 7.41. The number of nitrogens with two attached hydrogens (primary N) is 1. The van der Waals surface area contributed by atoms with E-state index >= 15 is 0 Å². The standard InChI is InChI=1S/C16H17N7O/c1-23-16(19-21-22-23)15(12-6-3-2-4-7-12)20-24-11-14-9-5-8-13(10-17)18-14/h2-9H,10-11,17H2,1H3/b20-15-. The molecule has 0 fully saturated rings. The Morgan fingerprint density at radius 3 is 2.62 bits per heavy atom. The molecule has 122 valence electrons. The van der Waals surface area contributed by atoms with Crippen molar-refractivity contribution < 1.29 is 4.84 Å². The molecule has 8 heteroatoms. The van der Waals surface area contributed by atoms with Crippen molar-refractivity contribution in [2.24, 2.45) is 17.9 Å². The van der Waals surface area contributed by atoms with Crippen LogP contribution in [-0.4, -0.2) is 30.9 Å². The number of rotatable bonds is 6. The molecule has 2 N–H and O–H groups in total. The molecule has 3 rings (SSSR count). The highest BCUT2D eigenvalue weighted by Gasteiger charge is 2.14. The molecule has 2 aromatic heterocycles. The molecule has 2 heterocycles. The first kappa shape index (κ1) is 15.8. The van der Waals surface area contributed by atoms with Gasteiger partial charge < -0.3 is 10.6 Å². The first-order chi connectivity index (χ1) is 11.8. The van der Waals surface area contributed by atoms with E-state index < -0.39 is 0 Å². The zero-order valence-electron chi connectivity index (χ0n) is 13.2. The van der Waals surface area contributed by atoms with Crippen LogP contribution in [0.3, 0.4) is 0 Å². The molecular formula is C16H17N7O. The second-order valence-corrected chi connectivity index (χ2v) is 5.03. The van der Waals surface area contributed by atoms with Crippen LogP contribution in [0.2, 0.25) is 0 Å². The van der Waals surface area contributed by atoms with Gasteiger partial charge in [-0.2, -0.15) is 0 Å². The van der Waals surface area contributed by atoms with Gasteiger partial charge in [-0.1, -0.05) is 41.6 Å². The summed E-state index contributed by atoms with van der Waals surface area (Å²) < 4.78 is 1.54. The lowest BCUT2D eigenvalue weighted by molar-refractivity contribution is 0.127. The van der Waals surface area contributed by atoms with Crippen molar-refractivity contribution in [3.05, 3.63) is 71.3 Å². The minimum Gasteiger partial charge on any atom is -0.389 e. The van der Waals surface area contributed by atoms with E-state index in [1.54, 1.807) is 11.7 Å². The fraction of sp³-hybridized carbons (Fsp3) is 0.188. The maximum Gasteiger partial charge on any atom is 0.204 e. The molecule has 0 aliphatic carbocycles.